The summed E-state index contributed by atoms with van der Waals surface area (Å²) in [7, 11) is 0. The second-order valence-electron chi connectivity index (χ2n) is 11.6. The van der Waals surface area contributed by atoms with E-state index in [1.165, 1.54) is 18.2 Å². The molecule has 1 amide bonds. The van der Waals surface area contributed by atoms with Crippen LogP contribution < -0.4 is 15.6 Å². The predicted molar refractivity (Wildman–Crippen MR) is 161 cm³/mol. The number of carbonyl (C=O) groups is 2. The maximum Gasteiger partial charge on any atom is 0.416 e. The number of aliphatic carboxylic acids is 1. The molecule has 238 valence electrons. The molecule has 1 fully saturated rings. The molecule has 2 aliphatic rings. The van der Waals surface area contributed by atoms with Gasteiger partial charge in [-0.1, -0.05) is 29.8 Å². The first-order chi connectivity index (χ1) is 21.8. The molecule has 0 radical (unpaired) electrons. The Morgan fingerprint density at radius 1 is 1.04 bits per heavy atom. The van der Waals surface area contributed by atoms with Crippen LogP contribution in [0, 0.1) is 12.7 Å². The van der Waals surface area contributed by atoms with Crippen molar-refractivity contribution in [2.75, 3.05) is 0 Å². The number of pyridine rings is 1. The number of aromatic nitrogens is 1. The molecule has 0 saturated heterocycles. The number of alkyl halides is 3. The third-order valence-corrected chi connectivity index (χ3v) is 8.64. The molecule has 2 atom stereocenters. The second-order valence-corrected chi connectivity index (χ2v) is 12.0. The van der Waals surface area contributed by atoms with Crippen LogP contribution in [-0.2, 0) is 22.4 Å². The number of benzene rings is 3. The molecule has 1 aliphatic carbocycles. The quantitative estimate of drug-likeness (QED) is 0.225. The number of hydrogen-bond donors (Lipinski definition) is 2. The fraction of sp³-hybridized carbons (Fsp3) is 0.265. The first-order valence-electron chi connectivity index (χ1n) is 14.5. The molecule has 2 heterocycles. The molecular weight excluding hydrogens is 628 g/mol. The van der Waals surface area contributed by atoms with Gasteiger partial charge in [-0.2, -0.15) is 13.2 Å². The van der Waals surface area contributed by atoms with E-state index in [0.29, 0.717) is 40.1 Å². The van der Waals surface area contributed by atoms with Gasteiger partial charge in [0.25, 0.3) is 5.56 Å². The van der Waals surface area contributed by atoms with Gasteiger partial charge in [0.1, 0.15) is 24.2 Å². The van der Waals surface area contributed by atoms with Crippen molar-refractivity contribution in [3.05, 3.63) is 121 Å². The number of ether oxygens (including phenoxy) is 1. The Bertz CT molecular complexity index is 1940. The van der Waals surface area contributed by atoms with E-state index in [0.717, 1.165) is 29.2 Å². The Labute approximate surface area is 265 Å². The maximum atomic E-state index is 16.3. The number of carboxylic acid groups (broad SMARTS) is 1. The van der Waals surface area contributed by atoms with Crippen molar-refractivity contribution >= 4 is 23.5 Å². The SMILES string of the molecule is Cc1cccc2c1-c1cc(C3CC3)c(F)c(c1)C(CC(=O)O)NC(=O)C(n1ccc(C(F)(F)F)cc1=O)c1cc(ccc1Cl)CO2. The van der Waals surface area contributed by atoms with Crippen molar-refractivity contribution in [1.29, 1.82) is 0 Å². The summed E-state index contributed by atoms with van der Waals surface area (Å²) < 4.78 is 63.5. The molecule has 0 spiro atoms. The number of amides is 1. The zero-order chi connectivity index (χ0) is 32.9. The maximum absolute atomic E-state index is 16.3. The van der Waals surface area contributed by atoms with Crippen molar-refractivity contribution in [3.8, 4) is 16.9 Å². The summed E-state index contributed by atoms with van der Waals surface area (Å²) in [5, 5.41) is 12.5. The van der Waals surface area contributed by atoms with E-state index < -0.39 is 53.5 Å². The molecule has 4 bridgehead atoms. The van der Waals surface area contributed by atoms with Crippen LogP contribution in [-0.4, -0.2) is 21.6 Å². The lowest BCUT2D eigenvalue weighted by Gasteiger charge is -2.27. The van der Waals surface area contributed by atoms with E-state index in [2.05, 4.69) is 5.32 Å². The van der Waals surface area contributed by atoms with Gasteiger partial charge >= 0.3 is 12.1 Å². The van der Waals surface area contributed by atoms with Crippen molar-refractivity contribution in [2.45, 2.75) is 57.0 Å². The van der Waals surface area contributed by atoms with Crippen molar-refractivity contribution in [2.24, 2.45) is 0 Å². The minimum absolute atomic E-state index is 0.0119. The highest BCUT2D eigenvalue weighted by molar-refractivity contribution is 6.31. The second kappa shape index (κ2) is 11.9. The predicted octanol–water partition coefficient (Wildman–Crippen LogP) is 7.33. The Morgan fingerprint density at radius 2 is 1.78 bits per heavy atom. The van der Waals surface area contributed by atoms with Gasteiger partial charge in [0.05, 0.1) is 18.0 Å². The van der Waals surface area contributed by atoms with E-state index >= 15 is 4.39 Å². The molecule has 2 unspecified atom stereocenters. The molecule has 1 saturated carbocycles. The van der Waals surface area contributed by atoms with Crippen LogP contribution >= 0.6 is 11.6 Å². The molecule has 3 aromatic carbocycles. The van der Waals surface area contributed by atoms with Gasteiger partial charge in [-0.05, 0) is 84.3 Å². The normalized spacial score (nSPS) is 18.2. The molecule has 6 rings (SSSR count). The molecule has 1 aliphatic heterocycles. The fourth-order valence-electron chi connectivity index (χ4n) is 5.90. The summed E-state index contributed by atoms with van der Waals surface area (Å²) >= 11 is 6.54. The molecule has 12 heteroatoms. The number of nitrogens with one attached hydrogen (secondary N) is 1. The Morgan fingerprint density at radius 3 is 2.46 bits per heavy atom. The highest BCUT2D eigenvalue weighted by atomic mass is 35.5. The summed E-state index contributed by atoms with van der Waals surface area (Å²) in [5.74, 6) is -2.59. The van der Waals surface area contributed by atoms with Crippen molar-refractivity contribution in [1.82, 2.24) is 9.88 Å². The first kappa shape index (κ1) is 31.3. The lowest BCUT2D eigenvalue weighted by atomic mass is 9.90. The highest BCUT2D eigenvalue weighted by Gasteiger charge is 2.36. The van der Waals surface area contributed by atoms with Gasteiger partial charge in [0.2, 0.25) is 5.91 Å². The topological polar surface area (TPSA) is 97.6 Å². The smallest absolute Gasteiger partial charge is 0.416 e. The zero-order valence-corrected chi connectivity index (χ0v) is 25.1. The van der Waals surface area contributed by atoms with Crippen LogP contribution in [0.1, 0.15) is 70.6 Å². The average molecular weight is 655 g/mol. The summed E-state index contributed by atoms with van der Waals surface area (Å²) in [5.41, 5.74) is 0.563. The van der Waals surface area contributed by atoms with Crippen LogP contribution in [0.25, 0.3) is 11.1 Å². The number of aryl methyl sites for hydroxylation is 1. The van der Waals surface area contributed by atoms with E-state index in [1.807, 2.05) is 13.0 Å². The average Bonchev–Trinajstić information content (AvgIpc) is 3.83. The highest BCUT2D eigenvalue weighted by Crippen LogP contribution is 2.46. The van der Waals surface area contributed by atoms with E-state index in [4.69, 9.17) is 16.3 Å². The molecule has 1 aromatic heterocycles. The Kier molecular flexibility index (Phi) is 8.14. The third kappa shape index (κ3) is 6.11. The number of fused-ring (bicyclic) bond motifs is 6. The number of hydrogen-bond acceptors (Lipinski definition) is 4. The van der Waals surface area contributed by atoms with Gasteiger partial charge in [-0.25, -0.2) is 4.39 Å². The van der Waals surface area contributed by atoms with Crippen LogP contribution in [0.4, 0.5) is 17.6 Å². The fourth-order valence-corrected chi connectivity index (χ4v) is 6.13. The molecule has 46 heavy (non-hydrogen) atoms. The van der Waals surface area contributed by atoms with Crippen LogP contribution in [0.3, 0.4) is 0 Å². The number of halogens is 5. The lowest BCUT2D eigenvalue weighted by molar-refractivity contribution is -0.138. The molecule has 4 aromatic rings. The van der Waals surface area contributed by atoms with Gasteiger partial charge in [-0.3, -0.25) is 19.0 Å². The third-order valence-electron chi connectivity index (χ3n) is 8.29. The van der Waals surface area contributed by atoms with Gasteiger partial charge < -0.3 is 15.2 Å². The first-order valence-corrected chi connectivity index (χ1v) is 14.9. The van der Waals surface area contributed by atoms with Crippen LogP contribution in [0.15, 0.2) is 71.7 Å². The number of nitrogens with zero attached hydrogens (tertiary/aromatic N) is 1. The van der Waals surface area contributed by atoms with Gasteiger partial charge in [0, 0.05) is 34.0 Å². The Hall–Kier alpha value is -4.64. The van der Waals surface area contributed by atoms with Crippen molar-refractivity contribution < 1.29 is 37.0 Å². The minimum atomic E-state index is -4.82. The van der Waals surface area contributed by atoms with Crippen molar-refractivity contribution in [3.63, 3.8) is 0 Å². The summed E-state index contributed by atoms with van der Waals surface area (Å²) in [6.45, 7) is 1.86. The van der Waals surface area contributed by atoms with Gasteiger partial charge in [0.15, 0.2) is 0 Å². The minimum Gasteiger partial charge on any atom is -0.488 e. The monoisotopic (exact) mass is 654 g/mol. The lowest BCUT2D eigenvalue weighted by Crippen LogP contribution is -2.40. The largest absolute Gasteiger partial charge is 0.488 e. The molecule has 2 N–H and O–H groups in total. The standard InChI is InChI=1S/C34H27ClF4N2O5/c1-17-3-2-4-27-30(17)20-12-22(19-6-7-19)31(36)24(13-20)26(15-29(43)44)40-33(45)32(23-11-18(16-46-27)5-8-25(23)35)41-10-9-21(14-28(41)42)34(37,38)39/h2-5,8-14,19,26,32H,6-7,15-16H2,1H3,(H,40,45)(H,43,44). The number of carboxylic acids is 1. The Balaban J connectivity index is 1.60. The van der Waals surface area contributed by atoms with Crippen LogP contribution in [0.5, 0.6) is 5.75 Å². The number of rotatable bonds is 4. The summed E-state index contributed by atoms with van der Waals surface area (Å²) in [6, 6.07) is 11.2. The number of carbonyl (C=O) groups excluding carboxylic acids is 1. The summed E-state index contributed by atoms with van der Waals surface area (Å²) in [6.07, 6.45) is -3.25. The van der Waals surface area contributed by atoms with E-state index in [-0.39, 0.29) is 28.7 Å². The summed E-state index contributed by atoms with van der Waals surface area (Å²) in [4.78, 5) is 39.4. The molecule has 7 nitrogen and oxygen atoms in total. The molecular formula is C34H27ClF4N2O5. The zero-order valence-electron chi connectivity index (χ0n) is 24.3. The van der Waals surface area contributed by atoms with Crippen LogP contribution in [0.2, 0.25) is 5.02 Å². The van der Waals surface area contributed by atoms with E-state index in [1.54, 1.807) is 24.3 Å². The van der Waals surface area contributed by atoms with E-state index in [9.17, 15) is 32.7 Å². The van der Waals surface area contributed by atoms with Gasteiger partial charge in [-0.15, -0.1) is 0 Å².